The van der Waals surface area contributed by atoms with Crippen molar-refractivity contribution in [3.8, 4) is 11.3 Å². The number of carbonyl (C=O) groups is 1. The molecule has 0 radical (unpaired) electrons. The Morgan fingerprint density at radius 1 is 1.13 bits per heavy atom. The van der Waals surface area contributed by atoms with E-state index in [9.17, 15) is 9.18 Å². The molecule has 0 saturated carbocycles. The van der Waals surface area contributed by atoms with Crippen LogP contribution < -0.4 is 21.9 Å². The SMILES string of the molecule is CNC(=O)c1ccc(-c2ccc(N)c(N(N)Cc3ccc4ncccc4c3)n2)cc1F. The predicted molar refractivity (Wildman–Crippen MR) is 120 cm³/mol. The molecule has 4 rings (SSSR count). The van der Waals surface area contributed by atoms with Crippen molar-refractivity contribution in [3.63, 3.8) is 0 Å². The van der Waals surface area contributed by atoms with Crippen molar-refractivity contribution in [2.24, 2.45) is 5.84 Å². The molecule has 7 nitrogen and oxygen atoms in total. The molecule has 4 aromatic rings. The van der Waals surface area contributed by atoms with E-state index in [1.165, 1.54) is 24.2 Å². The van der Waals surface area contributed by atoms with E-state index in [0.29, 0.717) is 29.3 Å². The standard InChI is InChI=1S/C23H21FN6O/c1-27-23(31)17-6-5-16(12-18(17)24)21-9-7-19(25)22(29-21)30(26)13-14-4-8-20-15(11-14)3-2-10-28-20/h2-12H,13,25-26H2,1H3,(H,27,31). The number of nitrogens with one attached hydrogen (secondary N) is 1. The Bertz CT molecular complexity index is 1280. The molecule has 0 unspecified atom stereocenters. The minimum atomic E-state index is -0.633. The van der Waals surface area contributed by atoms with E-state index >= 15 is 0 Å². The summed E-state index contributed by atoms with van der Waals surface area (Å²) in [5.41, 5.74) is 9.34. The van der Waals surface area contributed by atoms with Gasteiger partial charge in [-0.25, -0.2) is 15.2 Å². The maximum absolute atomic E-state index is 14.4. The van der Waals surface area contributed by atoms with Gasteiger partial charge in [-0.15, -0.1) is 0 Å². The molecule has 0 atom stereocenters. The van der Waals surface area contributed by atoms with E-state index in [4.69, 9.17) is 11.6 Å². The molecule has 0 aliphatic heterocycles. The van der Waals surface area contributed by atoms with Crippen LogP contribution in [0.2, 0.25) is 0 Å². The molecule has 156 valence electrons. The van der Waals surface area contributed by atoms with Crippen LogP contribution in [0, 0.1) is 5.82 Å². The maximum atomic E-state index is 14.4. The number of hydrogen-bond acceptors (Lipinski definition) is 6. The van der Waals surface area contributed by atoms with Crippen molar-refractivity contribution < 1.29 is 9.18 Å². The lowest BCUT2D eigenvalue weighted by molar-refractivity contribution is 0.0959. The van der Waals surface area contributed by atoms with Crippen molar-refractivity contribution in [3.05, 3.63) is 83.8 Å². The lowest BCUT2D eigenvalue weighted by atomic mass is 10.1. The van der Waals surface area contributed by atoms with Gasteiger partial charge in [0.1, 0.15) is 5.82 Å². The van der Waals surface area contributed by atoms with E-state index in [-0.39, 0.29) is 5.56 Å². The second-order valence-corrected chi connectivity index (χ2v) is 7.04. The summed E-state index contributed by atoms with van der Waals surface area (Å²) < 4.78 is 14.4. The van der Waals surface area contributed by atoms with Crippen LogP contribution in [-0.4, -0.2) is 22.9 Å². The Morgan fingerprint density at radius 3 is 2.74 bits per heavy atom. The summed E-state index contributed by atoms with van der Waals surface area (Å²) >= 11 is 0. The minimum absolute atomic E-state index is 0.0341. The molecule has 0 bridgehead atoms. The van der Waals surface area contributed by atoms with Gasteiger partial charge in [-0.3, -0.25) is 14.8 Å². The highest BCUT2D eigenvalue weighted by Crippen LogP contribution is 2.27. The van der Waals surface area contributed by atoms with E-state index in [1.807, 2.05) is 30.3 Å². The molecule has 0 aliphatic rings. The van der Waals surface area contributed by atoms with Gasteiger partial charge < -0.3 is 11.1 Å². The van der Waals surface area contributed by atoms with Crippen molar-refractivity contribution in [2.75, 3.05) is 17.8 Å². The summed E-state index contributed by atoms with van der Waals surface area (Å²) in [6.07, 6.45) is 1.75. The van der Waals surface area contributed by atoms with Gasteiger partial charge in [-0.2, -0.15) is 0 Å². The predicted octanol–water partition coefficient (Wildman–Crippen LogP) is 3.26. The van der Waals surface area contributed by atoms with Gasteiger partial charge in [0.05, 0.1) is 29.0 Å². The van der Waals surface area contributed by atoms with Crippen LogP contribution >= 0.6 is 0 Å². The van der Waals surface area contributed by atoms with Crippen molar-refractivity contribution in [1.82, 2.24) is 15.3 Å². The van der Waals surface area contributed by atoms with Crippen LogP contribution in [0.25, 0.3) is 22.2 Å². The number of nitrogens with two attached hydrogens (primary N) is 2. The van der Waals surface area contributed by atoms with Crippen molar-refractivity contribution in [2.45, 2.75) is 6.54 Å². The van der Waals surface area contributed by atoms with Crippen LogP contribution in [0.4, 0.5) is 15.9 Å². The highest BCUT2D eigenvalue weighted by molar-refractivity contribution is 5.94. The summed E-state index contributed by atoms with van der Waals surface area (Å²) in [5, 5.41) is 4.87. The number of nitrogen functional groups attached to an aromatic ring is 1. The van der Waals surface area contributed by atoms with E-state index in [0.717, 1.165) is 16.5 Å². The third-order valence-electron chi connectivity index (χ3n) is 4.93. The number of rotatable bonds is 5. The molecule has 2 aromatic carbocycles. The Balaban J connectivity index is 1.62. The van der Waals surface area contributed by atoms with E-state index < -0.39 is 11.7 Å². The number of amides is 1. The maximum Gasteiger partial charge on any atom is 0.253 e. The number of hydrazine groups is 1. The van der Waals surface area contributed by atoms with E-state index in [1.54, 1.807) is 24.4 Å². The number of benzene rings is 2. The van der Waals surface area contributed by atoms with Gasteiger partial charge >= 0.3 is 0 Å². The molecule has 5 N–H and O–H groups in total. The summed E-state index contributed by atoms with van der Waals surface area (Å²) in [4.78, 5) is 20.6. The van der Waals surface area contributed by atoms with E-state index in [2.05, 4.69) is 15.3 Å². The number of carbonyl (C=O) groups excluding carboxylic acids is 1. The molecular formula is C23H21FN6O. The average molecular weight is 416 g/mol. The number of aromatic nitrogens is 2. The topological polar surface area (TPSA) is 110 Å². The van der Waals surface area contributed by atoms with Crippen LogP contribution in [-0.2, 0) is 6.54 Å². The first kappa shape index (κ1) is 20.2. The molecule has 1 amide bonds. The van der Waals surface area contributed by atoms with Crippen LogP contribution in [0.3, 0.4) is 0 Å². The molecule has 8 heteroatoms. The number of fused-ring (bicyclic) bond motifs is 1. The minimum Gasteiger partial charge on any atom is -0.396 e. The second-order valence-electron chi connectivity index (χ2n) is 7.04. The zero-order chi connectivity index (χ0) is 22.0. The monoisotopic (exact) mass is 416 g/mol. The average Bonchev–Trinajstić information content (AvgIpc) is 2.78. The van der Waals surface area contributed by atoms with Gasteiger partial charge in [0.2, 0.25) is 0 Å². The molecule has 0 spiro atoms. The largest absolute Gasteiger partial charge is 0.396 e. The normalized spacial score (nSPS) is 10.8. The summed E-state index contributed by atoms with van der Waals surface area (Å²) in [6.45, 7) is 0.370. The first-order chi connectivity index (χ1) is 15.0. The van der Waals surface area contributed by atoms with Crippen LogP contribution in [0.5, 0.6) is 0 Å². The molecule has 2 aromatic heterocycles. The Hall–Kier alpha value is -4.04. The lowest BCUT2D eigenvalue weighted by Gasteiger charge is -2.20. The number of nitrogens with zero attached hydrogens (tertiary/aromatic N) is 3. The smallest absolute Gasteiger partial charge is 0.253 e. The summed E-state index contributed by atoms with van der Waals surface area (Å²) in [6, 6.07) is 17.4. The molecule has 31 heavy (non-hydrogen) atoms. The zero-order valence-corrected chi connectivity index (χ0v) is 16.8. The summed E-state index contributed by atoms with van der Waals surface area (Å²) in [7, 11) is 1.45. The van der Waals surface area contributed by atoms with Gasteiger partial charge in [-0.1, -0.05) is 18.2 Å². The Kier molecular flexibility index (Phi) is 5.46. The third-order valence-corrected chi connectivity index (χ3v) is 4.93. The molecule has 0 saturated heterocycles. The van der Waals surface area contributed by atoms with Crippen LogP contribution in [0.1, 0.15) is 15.9 Å². The van der Waals surface area contributed by atoms with Crippen molar-refractivity contribution >= 4 is 28.3 Å². The lowest BCUT2D eigenvalue weighted by Crippen LogP contribution is -2.31. The third kappa shape index (κ3) is 4.15. The fourth-order valence-electron chi connectivity index (χ4n) is 3.34. The molecule has 2 heterocycles. The fraction of sp³-hybridized carbons (Fsp3) is 0.0870. The molecule has 0 fully saturated rings. The number of pyridine rings is 2. The Labute approximate surface area is 178 Å². The quantitative estimate of drug-likeness (QED) is 0.340. The molecular weight excluding hydrogens is 395 g/mol. The number of halogens is 1. The van der Waals surface area contributed by atoms with Crippen LogP contribution in [0.15, 0.2) is 66.9 Å². The number of anilines is 2. The second kappa shape index (κ2) is 8.37. The first-order valence-electron chi connectivity index (χ1n) is 9.60. The Morgan fingerprint density at radius 2 is 1.97 bits per heavy atom. The first-order valence-corrected chi connectivity index (χ1v) is 9.60. The highest BCUT2D eigenvalue weighted by Gasteiger charge is 2.15. The van der Waals surface area contributed by atoms with Gasteiger partial charge in [0.15, 0.2) is 5.82 Å². The van der Waals surface area contributed by atoms with Gasteiger partial charge in [0, 0.05) is 24.2 Å². The fourth-order valence-corrected chi connectivity index (χ4v) is 3.34. The van der Waals surface area contributed by atoms with Crippen molar-refractivity contribution in [1.29, 1.82) is 0 Å². The van der Waals surface area contributed by atoms with Gasteiger partial charge in [-0.05, 0) is 48.0 Å². The summed E-state index contributed by atoms with van der Waals surface area (Å²) in [5.74, 6) is 5.53. The highest BCUT2D eigenvalue weighted by atomic mass is 19.1. The number of hydrogen-bond donors (Lipinski definition) is 3. The van der Waals surface area contributed by atoms with Gasteiger partial charge in [0.25, 0.3) is 5.91 Å². The molecule has 0 aliphatic carbocycles. The zero-order valence-electron chi connectivity index (χ0n) is 16.8.